The Labute approximate surface area is 210 Å². The van der Waals surface area contributed by atoms with Crippen LogP contribution in [0, 0.1) is 11.8 Å². The number of benzene rings is 2. The van der Waals surface area contributed by atoms with Gasteiger partial charge in [0.15, 0.2) is 0 Å². The lowest BCUT2D eigenvalue weighted by Crippen LogP contribution is -2.56. The third-order valence-electron chi connectivity index (χ3n) is 9.33. The second-order valence-corrected chi connectivity index (χ2v) is 11.5. The predicted molar refractivity (Wildman–Crippen MR) is 145 cm³/mol. The molecule has 35 heavy (non-hydrogen) atoms. The largest absolute Gasteiger partial charge is 0.393 e. The summed E-state index contributed by atoms with van der Waals surface area (Å²) in [6.45, 7) is 5.26. The van der Waals surface area contributed by atoms with E-state index in [1.807, 2.05) is 6.92 Å². The highest BCUT2D eigenvalue weighted by Crippen LogP contribution is 2.44. The quantitative estimate of drug-likeness (QED) is 0.478. The highest BCUT2D eigenvalue weighted by molar-refractivity contribution is 5.98. The SMILES string of the molecule is C[C@H](O)[C@@H]1CN2CCc3c([nH]c4cccc(-c5ccccc5)c34)[C@@H]2C[C@@H]1N(C)CC1CCCCC1. The Hall–Kier alpha value is -2.14. The Balaban J connectivity index is 1.33. The van der Waals surface area contributed by atoms with Gasteiger partial charge in [-0.25, -0.2) is 0 Å². The van der Waals surface area contributed by atoms with Gasteiger partial charge in [-0.15, -0.1) is 0 Å². The Morgan fingerprint density at radius 1 is 1.06 bits per heavy atom. The number of H-pyrrole nitrogens is 1. The predicted octanol–water partition coefficient (Wildman–Crippen LogP) is 6.02. The topological polar surface area (TPSA) is 42.5 Å². The number of aliphatic hydroxyl groups is 1. The number of fused-ring (bicyclic) bond motifs is 5. The fraction of sp³-hybridized carbons (Fsp3) is 0.548. The summed E-state index contributed by atoms with van der Waals surface area (Å²) in [5.74, 6) is 1.13. The third-order valence-corrected chi connectivity index (χ3v) is 9.33. The minimum Gasteiger partial charge on any atom is -0.393 e. The minimum absolute atomic E-state index is 0.274. The highest BCUT2D eigenvalue weighted by atomic mass is 16.3. The molecule has 0 amide bonds. The normalized spacial score (nSPS) is 26.6. The summed E-state index contributed by atoms with van der Waals surface area (Å²) in [7, 11) is 2.33. The minimum atomic E-state index is -0.274. The number of aliphatic hydroxyl groups excluding tert-OH is 1. The molecule has 4 heteroatoms. The van der Waals surface area contributed by atoms with Crippen molar-refractivity contribution in [3.8, 4) is 11.1 Å². The van der Waals surface area contributed by atoms with Gasteiger partial charge in [-0.1, -0.05) is 61.7 Å². The number of hydrogen-bond acceptors (Lipinski definition) is 3. The Morgan fingerprint density at radius 2 is 1.86 bits per heavy atom. The van der Waals surface area contributed by atoms with Crippen molar-refractivity contribution < 1.29 is 5.11 Å². The van der Waals surface area contributed by atoms with Crippen molar-refractivity contribution in [2.24, 2.45) is 11.8 Å². The van der Waals surface area contributed by atoms with Crippen molar-refractivity contribution >= 4 is 10.9 Å². The smallest absolute Gasteiger partial charge is 0.0567 e. The zero-order valence-electron chi connectivity index (χ0n) is 21.4. The molecule has 0 bridgehead atoms. The van der Waals surface area contributed by atoms with Crippen LogP contribution in [0.15, 0.2) is 48.5 Å². The van der Waals surface area contributed by atoms with Gasteiger partial charge in [0, 0.05) is 48.2 Å². The van der Waals surface area contributed by atoms with E-state index in [2.05, 4.69) is 70.4 Å². The van der Waals surface area contributed by atoms with Gasteiger partial charge >= 0.3 is 0 Å². The number of nitrogens with zero attached hydrogens (tertiary/aromatic N) is 2. The van der Waals surface area contributed by atoms with Gasteiger partial charge in [0.2, 0.25) is 0 Å². The van der Waals surface area contributed by atoms with Gasteiger partial charge in [-0.2, -0.15) is 0 Å². The molecule has 3 aliphatic rings. The Kier molecular flexibility index (Phi) is 6.46. The molecule has 2 fully saturated rings. The van der Waals surface area contributed by atoms with Crippen LogP contribution in [0.4, 0.5) is 0 Å². The van der Waals surface area contributed by atoms with Crippen LogP contribution in [-0.2, 0) is 6.42 Å². The summed E-state index contributed by atoms with van der Waals surface area (Å²) in [6.07, 6.45) is 8.84. The van der Waals surface area contributed by atoms with Crippen LogP contribution in [-0.4, -0.2) is 58.7 Å². The van der Waals surface area contributed by atoms with Crippen LogP contribution < -0.4 is 0 Å². The molecular formula is C31H41N3O. The van der Waals surface area contributed by atoms with Crippen molar-refractivity contribution in [2.75, 3.05) is 26.7 Å². The van der Waals surface area contributed by atoms with Crippen LogP contribution >= 0.6 is 0 Å². The molecule has 1 saturated heterocycles. The van der Waals surface area contributed by atoms with E-state index in [-0.39, 0.29) is 6.10 Å². The average molecular weight is 472 g/mol. The first-order valence-electron chi connectivity index (χ1n) is 13.9. The van der Waals surface area contributed by atoms with Gasteiger partial charge in [0.1, 0.15) is 0 Å². The standard InChI is InChI=1S/C31H41N3O/c1-21(35)26-20-34-17-16-25-30-24(23-12-7-4-8-13-23)14-9-15-27(30)32-31(25)29(34)18-28(26)33(2)19-22-10-5-3-6-11-22/h4,7-9,12-15,21-22,26,28-29,32,35H,3,5-6,10-11,16-20H2,1-2H3/t21-,26-,28-,29-/m0/s1. The molecule has 0 unspecified atom stereocenters. The maximum absolute atomic E-state index is 10.8. The number of aromatic amines is 1. The lowest BCUT2D eigenvalue weighted by Gasteiger charge is -2.50. The zero-order chi connectivity index (χ0) is 23.9. The van der Waals surface area contributed by atoms with Gasteiger partial charge in [-0.05, 0) is 68.3 Å². The van der Waals surface area contributed by atoms with E-state index in [0.717, 1.165) is 31.8 Å². The molecule has 2 N–H and O–H groups in total. The van der Waals surface area contributed by atoms with Crippen LogP contribution in [0.3, 0.4) is 0 Å². The molecule has 1 saturated carbocycles. The summed E-state index contributed by atoms with van der Waals surface area (Å²) in [6, 6.07) is 18.4. The van der Waals surface area contributed by atoms with Crippen molar-refractivity contribution in [2.45, 2.75) is 70.1 Å². The molecule has 186 valence electrons. The monoisotopic (exact) mass is 471 g/mol. The fourth-order valence-corrected chi connectivity index (χ4v) is 7.51. The van der Waals surface area contributed by atoms with E-state index < -0.39 is 0 Å². The number of nitrogens with one attached hydrogen (secondary N) is 1. The number of hydrogen-bond donors (Lipinski definition) is 2. The first kappa shape index (κ1) is 23.3. The average Bonchev–Trinajstić information content (AvgIpc) is 3.28. The summed E-state index contributed by atoms with van der Waals surface area (Å²) >= 11 is 0. The van der Waals surface area contributed by atoms with E-state index in [1.54, 1.807) is 0 Å². The van der Waals surface area contributed by atoms with Crippen molar-refractivity contribution in [3.63, 3.8) is 0 Å². The maximum atomic E-state index is 10.8. The van der Waals surface area contributed by atoms with Crippen LogP contribution in [0.1, 0.15) is 62.7 Å². The van der Waals surface area contributed by atoms with Gasteiger partial charge < -0.3 is 15.0 Å². The summed E-state index contributed by atoms with van der Waals surface area (Å²) in [5, 5.41) is 12.2. The van der Waals surface area contributed by atoms with E-state index >= 15 is 0 Å². The molecule has 0 spiro atoms. The van der Waals surface area contributed by atoms with Crippen LogP contribution in [0.2, 0.25) is 0 Å². The summed E-state index contributed by atoms with van der Waals surface area (Å²) < 4.78 is 0. The second-order valence-electron chi connectivity index (χ2n) is 11.5. The number of aromatic nitrogens is 1. The van der Waals surface area contributed by atoms with Crippen LogP contribution in [0.5, 0.6) is 0 Å². The molecule has 6 rings (SSSR count). The van der Waals surface area contributed by atoms with E-state index in [0.29, 0.717) is 18.0 Å². The Bertz CT molecular complexity index is 1150. The molecule has 4 atom stereocenters. The molecule has 0 radical (unpaired) electrons. The maximum Gasteiger partial charge on any atom is 0.0567 e. The van der Waals surface area contributed by atoms with E-state index in [1.165, 1.54) is 71.9 Å². The van der Waals surface area contributed by atoms with Crippen LogP contribution in [0.25, 0.3) is 22.0 Å². The second kappa shape index (κ2) is 9.72. The van der Waals surface area contributed by atoms with Crippen molar-refractivity contribution in [1.82, 2.24) is 14.8 Å². The molecule has 4 nitrogen and oxygen atoms in total. The molecule has 2 aromatic carbocycles. The van der Waals surface area contributed by atoms with Gasteiger partial charge in [0.05, 0.1) is 12.1 Å². The van der Waals surface area contributed by atoms with Crippen molar-refractivity contribution in [1.29, 1.82) is 0 Å². The zero-order valence-corrected chi connectivity index (χ0v) is 21.4. The molecule has 1 aromatic heterocycles. The third kappa shape index (κ3) is 4.34. The van der Waals surface area contributed by atoms with E-state index in [4.69, 9.17) is 0 Å². The van der Waals surface area contributed by atoms with Gasteiger partial charge in [-0.3, -0.25) is 4.90 Å². The van der Waals surface area contributed by atoms with Crippen molar-refractivity contribution in [3.05, 3.63) is 59.8 Å². The van der Waals surface area contributed by atoms with E-state index in [9.17, 15) is 5.11 Å². The first-order valence-corrected chi connectivity index (χ1v) is 13.9. The lowest BCUT2D eigenvalue weighted by molar-refractivity contribution is -0.0338. The highest BCUT2D eigenvalue weighted by Gasteiger charge is 2.43. The number of piperidine rings is 1. The molecule has 3 heterocycles. The Morgan fingerprint density at radius 3 is 2.63 bits per heavy atom. The summed E-state index contributed by atoms with van der Waals surface area (Å²) in [5.41, 5.74) is 6.85. The summed E-state index contributed by atoms with van der Waals surface area (Å²) in [4.78, 5) is 9.16. The molecule has 3 aromatic rings. The fourth-order valence-electron chi connectivity index (χ4n) is 7.51. The molecular weight excluding hydrogens is 430 g/mol. The number of rotatable bonds is 5. The molecule has 2 aliphatic heterocycles. The first-order chi connectivity index (χ1) is 17.1. The lowest BCUT2D eigenvalue weighted by atomic mass is 9.79. The molecule has 1 aliphatic carbocycles. The van der Waals surface area contributed by atoms with Gasteiger partial charge in [0.25, 0.3) is 0 Å².